The van der Waals surface area contributed by atoms with E-state index in [-0.39, 0.29) is 13.0 Å². The van der Waals surface area contributed by atoms with Gasteiger partial charge >= 0.3 is 0 Å². The fraction of sp³-hybridized carbons (Fsp3) is 0.500. The van der Waals surface area contributed by atoms with E-state index in [1.54, 1.807) is 12.1 Å². The Morgan fingerprint density at radius 2 is 2.06 bits per heavy atom. The molecule has 1 aromatic carbocycles. The molecule has 2 atom stereocenters. The highest BCUT2D eigenvalue weighted by atomic mass is 16.3. The summed E-state index contributed by atoms with van der Waals surface area (Å²) in [5.74, 6) is 0. The van der Waals surface area contributed by atoms with Crippen molar-refractivity contribution in [2.75, 3.05) is 13.1 Å². The smallest absolute Gasteiger partial charge is 0.105 e. The van der Waals surface area contributed by atoms with E-state index in [2.05, 4.69) is 10.0 Å². The second-order valence-corrected chi connectivity index (χ2v) is 3.99. The summed E-state index contributed by atoms with van der Waals surface area (Å²) in [5.41, 5.74) is 15.3. The standard InChI is InChI=1S/C12H18N4O2/c13-7-5-9-3-1-2-4-10(9)12(18)11(17)6-8-15-16-14/h1-4,11-12,17-18H,5-8,13H2. The lowest BCUT2D eigenvalue weighted by Gasteiger charge is -2.20. The lowest BCUT2D eigenvalue weighted by atomic mass is 9.95. The van der Waals surface area contributed by atoms with E-state index in [0.717, 1.165) is 5.56 Å². The Kier molecular flexibility index (Phi) is 6.18. The number of nitrogens with zero attached hydrogens (tertiary/aromatic N) is 3. The third-order valence-electron chi connectivity index (χ3n) is 2.74. The van der Waals surface area contributed by atoms with E-state index >= 15 is 0 Å². The Labute approximate surface area is 106 Å². The van der Waals surface area contributed by atoms with Gasteiger partial charge in [-0.15, -0.1) is 0 Å². The van der Waals surface area contributed by atoms with Crippen LogP contribution in [0.3, 0.4) is 0 Å². The normalized spacial score (nSPS) is 13.7. The summed E-state index contributed by atoms with van der Waals surface area (Å²) in [6.45, 7) is 0.645. The summed E-state index contributed by atoms with van der Waals surface area (Å²) in [6, 6.07) is 7.32. The van der Waals surface area contributed by atoms with Crippen LogP contribution in [0.15, 0.2) is 29.4 Å². The molecule has 2 unspecified atom stereocenters. The predicted molar refractivity (Wildman–Crippen MR) is 68.8 cm³/mol. The van der Waals surface area contributed by atoms with Crippen LogP contribution in [0.5, 0.6) is 0 Å². The lowest BCUT2D eigenvalue weighted by Crippen LogP contribution is -2.21. The van der Waals surface area contributed by atoms with Crippen LogP contribution in [0.4, 0.5) is 0 Å². The average molecular weight is 250 g/mol. The van der Waals surface area contributed by atoms with Gasteiger partial charge in [0.05, 0.1) is 6.10 Å². The number of benzene rings is 1. The van der Waals surface area contributed by atoms with Crippen molar-refractivity contribution in [2.24, 2.45) is 10.8 Å². The minimum Gasteiger partial charge on any atom is -0.390 e. The van der Waals surface area contributed by atoms with Crippen LogP contribution in [0.25, 0.3) is 10.4 Å². The van der Waals surface area contributed by atoms with Gasteiger partial charge in [-0.3, -0.25) is 0 Å². The Morgan fingerprint density at radius 1 is 1.33 bits per heavy atom. The van der Waals surface area contributed by atoms with Crippen molar-refractivity contribution in [1.82, 2.24) is 0 Å². The van der Waals surface area contributed by atoms with Crippen LogP contribution in [0.1, 0.15) is 23.7 Å². The van der Waals surface area contributed by atoms with Gasteiger partial charge in [0, 0.05) is 11.5 Å². The largest absolute Gasteiger partial charge is 0.390 e. The second-order valence-electron chi connectivity index (χ2n) is 3.99. The minimum absolute atomic E-state index is 0.160. The third kappa shape index (κ3) is 4.01. The summed E-state index contributed by atoms with van der Waals surface area (Å²) < 4.78 is 0. The summed E-state index contributed by atoms with van der Waals surface area (Å²) in [4.78, 5) is 2.60. The van der Waals surface area contributed by atoms with Crippen LogP contribution in [-0.2, 0) is 6.42 Å². The molecular weight excluding hydrogens is 232 g/mol. The Morgan fingerprint density at radius 3 is 2.72 bits per heavy atom. The molecule has 0 spiro atoms. The number of hydrogen-bond donors (Lipinski definition) is 3. The predicted octanol–water partition coefficient (Wildman–Crippen LogP) is 1.28. The Balaban J connectivity index is 2.75. The molecule has 0 radical (unpaired) electrons. The van der Waals surface area contributed by atoms with Gasteiger partial charge < -0.3 is 15.9 Å². The van der Waals surface area contributed by atoms with Gasteiger partial charge in [0.25, 0.3) is 0 Å². The molecule has 0 aliphatic heterocycles. The Hall–Kier alpha value is -1.59. The van der Waals surface area contributed by atoms with E-state index in [1.807, 2.05) is 12.1 Å². The summed E-state index contributed by atoms with van der Waals surface area (Å²) in [5, 5.41) is 23.2. The van der Waals surface area contributed by atoms with Crippen molar-refractivity contribution in [2.45, 2.75) is 25.0 Å². The zero-order chi connectivity index (χ0) is 13.4. The monoisotopic (exact) mass is 250 g/mol. The molecule has 6 heteroatoms. The zero-order valence-corrected chi connectivity index (χ0v) is 10.1. The van der Waals surface area contributed by atoms with Crippen molar-refractivity contribution >= 4 is 0 Å². The molecule has 0 amide bonds. The fourth-order valence-electron chi connectivity index (χ4n) is 1.81. The van der Waals surface area contributed by atoms with Crippen LogP contribution in [-0.4, -0.2) is 29.4 Å². The van der Waals surface area contributed by atoms with Crippen LogP contribution >= 0.6 is 0 Å². The maximum Gasteiger partial charge on any atom is 0.105 e. The fourth-order valence-corrected chi connectivity index (χ4v) is 1.81. The SMILES string of the molecule is [N-]=[N+]=NCCC(O)C(O)c1ccccc1CCN. The number of rotatable bonds is 7. The van der Waals surface area contributed by atoms with Crippen molar-refractivity contribution in [3.8, 4) is 0 Å². The molecule has 1 rings (SSSR count). The van der Waals surface area contributed by atoms with Crippen molar-refractivity contribution in [3.05, 3.63) is 45.8 Å². The third-order valence-corrected chi connectivity index (χ3v) is 2.74. The lowest BCUT2D eigenvalue weighted by molar-refractivity contribution is 0.0145. The summed E-state index contributed by atoms with van der Waals surface area (Å²) in [7, 11) is 0. The minimum atomic E-state index is -0.985. The molecule has 1 aromatic rings. The Bertz CT molecular complexity index is 418. The highest BCUT2D eigenvalue weighted by Crippen LogP contribution is 2.23. The molecule has 4 N–H and O–H groups in total. The number of nitrogens with two attached hydrogens (primary N) is 1. The molecule has 0 fully saturated rings. The van der Waals surface area contributed by atoms with E-state index in [0.29, 0.717) is 18.5 Å². The molecule has 6 nitrogen and oxygen atoms in total. The van der Waals surface area contributed by atoms with E-state index in [9.17, 15) is 10.2 Å². The van der Waals surface area contributed by atoms with Crippen LogP contribution in [0.2, 0.25) is 0 Å². The van der Waals surface area contributed by atoms with Gasteiger partial charge in [0.15, 0.2) is 0 Å². The van der Waals surface area contributed by atoms with Gasteiger partial charge in [-0.2, -0.15) is 0 Å². The first-order valence-corrected chi connectivity index (χ1v) is 5.85. The van der Waals surface area contributed by atoms with Gasteiger partial charge in [-0.05, 0) is 36.0 Å². The molecule has 0 saturated heterocycles. The average Bonchev–Trinajstić information content (AvgIpc) is 2.39. The first-order valence-electron chi connectivity index (χ1n) is 5.85. The first-order chi connectivity index (χ1) is 8.70. The summed E-state index contributed by atoms with van der Waals surface area (Å²) in [6.07, 6.45) is -1.06. The molecule has 0 heterocycles. The number of azide groups is 1. The number of aliphatic hydroxyl groups excluding tert-OH is 2. The van der Waals surface area contributed by atoms with E-state index in [4.69, 9.17) is 11.3 Å². The van der Waals surface area contributed by atoms with Gasteiger partial charge in [0.2, 0.25) is 0 Å². The van der Waals surface area contributed by atoms with Gasteiger partial charge in [0.1, 0.15) is 6.10 Å². The molecule has 0 saturated carbocycles. The second kappa shape index (κ2) is 7.68. The number of hydrogen-bond acceptors (Lipinski definition) is 4. The first kappa shape index (κ1) is 14.5. The van der Waals surface area contributed by atoms with Crippen LogP contribution < -0.4 is 5.73 Å². The van der Waals surface area contributed by atoms with Crippen molar-refractivity contribution < 1.29 is 10.2 Å². The zero-order valence-electron chi connectivity index (χ0n) is 10.1. The topological polar surface area (TPSA) is 115 Å². The molecule has 0 aromatic heterocycles. The van der Waals surface area contributed by atoms with Crippen LogP contribution in [0, 0.1) is 0 Å². The maximum absolute atomic E-state index is 10.1. The molecule has 18 heavy (non-hydrogen) atoms. The molecular formula is C12H18N4O2. The van der Waals surface area contributed by atoms with Crippen molar-refractivity contribution in [1.29, 1.82) is 0 Å². The molecule has 0 bridgehead atoms. The van der Waals surface area contributed by atoms with Gasteiger partial charge in [-0.25, -0.2) is 0 Å². The van der Waals surface area contributed by atoms with E-state index in [1.165, 1.54) is 0 Å². The number of aliphatic hydroxyl groups is 2. The molecule has 0 aliphatic rings. The quantitative estimate of drug-likeness (QED) is 0.384. The molecule has 0 aliphatic carbocycles. The highest BCUT2D eigenvalue weighted by Gasteiger charge is 2.19. The maximum atomic E-state index is 10.1. The molecule has 98 valence electrons. The van der Waals surface area contributed by atoms with Crippen molar-refractivity contribution in [3.63, 3.8) is 0 Å². The highest BCUT2D eigenvalue weighted by molar-refractivity contribution is 5.30. The van der Waals surface area contributed by atoms with E-state index < -0.39 is 12.2 Å². The summed E-state index contributed by atoms with van der Waals surface area (Å²) >= 11 is 0. The van der Waals surface area contributed by atoms with Gasteiger partial charge in [-0.1, -0.05) is 29.4 Å².